The minimum absolute atomic E-state index is 0.0800. The number of amides is 2. The van der Waals surface area contributed by atoms with Gasteiger partial charge in [0.25, 0.3) is 0 Å². The molecule has 0 bridgehead atoms. The van der Waals surface area contributed by atoms with Crippen molar-refractivity contribution in [2.75, 3.05) is 11.9 Å². The summed E-state index contributed by atoms with van der Waals surface area (Å²) in [5.74, 6) is 0.341. The summed E-state index contributed by atoms with van der Waals surface area (Å²) < 4.78 is 0. The van der Waals surface area contributed by atoms with Gasteiger partial charge in [-0.15, -0.1) is 0 Å². The third-order valence-corrected chi connectivity index (χ3v) is 3.46. The molecule has 1 aliphatic rings. The van der Waals surface area contributed by atoms with Gasteiger partial charge in [-0.25, -0.2) is 4.79 Å². The standard InChI is InChI=1S/C14H17N3O2/c1-14(9-18,11-5-6-11)17-13(19)16-12-4-2-3-10(7-12)8-15/h2-4,7,11,18H,5-6,9H2,1H3,(H2,16,17,19). The zero-order valence-electron chi connectivity index (χ0n) is 10.8. The van der Waals surface area contributed by atoms with Crippen LogP contribution in [-0.2, 0) is 0 Å². The van der Waals surface area contributed by atoms with Crippen LogP contribution in [-0.4, -0.2) is 23.3 Å². The Hall–Kier alpha value is -2.06. The van der Waals surface area contributed by atoms with E-state index in [2.05, 4.69) is 10.6 Å². The van der Waals surface area contributed by atoms with Crippen LogP contribution >= 0.6 is 0 Å². The maximum atomic E-state index is 11.9. The molecule has 2 amide bonds. The van der Waals surface area contributed by atoms with Gasteiger partial charge in [0, 0.05) is 5.69 Å². The Morgan fingerprint density at radius 2 is 2.32 bits per heavy atom. The molecule has 1 atom stereocenters. The Balaban J connectivity index is 1.99. The average molecular weight is 259 g/mol. The number of anilines is 1. The lowest BCUT2D eigenvalue weighted by Crippen LogP contribution is -2.52. The van der Waals surface area contributed by atoms with Gasteiger partial charge in [0.2, 0.25) is 0 Å². The largest absolute Gasteiger partial charge is 0.394 e. The lowest BCUT2D eigenvalue weighted by atomic mass is 9.97. The topological polar surface area (TPSA) is 85.2 Å². The summed E-state index contributed by atoms with van der Waals surface area (Å²) in [5, 5.41) is 23.7. The second-order valence-electron chi connectivity index (χ2n) is 5.12. The first-order valence-corrected chi connectivity index (χ1v) is 6.27. The number of hydrogen-bond donors (Lipinski definition) is 3. The number of rotatable bonds is 4. The van der Waals surface area contributed by atoms with E-state index in [0.717, 1.165) is 12.8 Å². The van der Waals surface area contributed by atoms with Crippen molar-refractivity contribution in [2.24, 2.45) is 5.92 Å². The van der Waals surface area contributed by atoms with Gasteiger partial charge in [-0.05, 0) is 43.9 Å². The van der Waals surface area contributed by atoms with E-state index >= 15 is 0 Å². The van der Waals surface area contributed by atoms with E-state index in [4.69, 9.17) is 5.26 Å². The van der Waals surface area contributed by atoms with Gasteiger partial charge >= 0.3 is 6.03 Å². The summed E-state index contributed by atoms with van der Waals surface area (Å²) in [6, 6.07) is 8.35. The monoisotopic (exact) mass is 259 g/mol. The zero-order chi connectivity index (χ0) is 13.9. The lowest BCUT2D eigenvalue weighted by Gasteiger charge is -2.28. The predicted octanol–water partition coefficient (Wildman–Crippen LogP) is 1.84. The van der Waals surface area contributed by atoms with Crippen molar-refractivity contribution in [2.45, 2.75) is 25.3 Å². The number of nitrogens with zero attached hydrogens (tertiary/aromatic N) is 1. The van der Waals surface area contributed by atoms with E-state index in [1.165, 1.54) is 0 Å². The van der Waals surface area contributed by atoms with Crippen molar-refractivity contribution in [3.05, 3.63) is 29.8 Å². The van der Waals surface area contributed by atoms with Crippen LogP contribution in [0.5, 0.6) is 0 Å². The molecule has 0 heterocycles. The molecular formula is C14H17N3O2. The average Bonchev–Trinajstić information content (AvgIpc) is 3.23. The number of nitrogens with one attached hydrogen (secondary N) is 2. The molecule has 0 saturated heterocycles. The highest BCUT2D eigenvalue weighted by Crippen LogP contribution is 2.39. The predicted molar refractivity (Wildman–Crippen MR) is 71.5 cm³/mol. The van der Waals surface area contributed by atoms with E-state index in [-0.39, 0.29) is 12.6 Å². The van der Waals surface area contributed by atoms with Crippen LogP contribution in [0.15, 0.2) is 24.3 Å². The van der Waals surface area contributed by atoms with Crippen molar-refractivity contribution in [1.29, 1.82) is 5.26 Å². The fourth-order valence-corrected chi connectivity index (χ4v) is 2.08. The molecule has 1 fully saturated rings. The quantitative estimate of drug-likeness (QED) is 0.771. The third kappa shape index (κ3) is 3.24. The maximum Gasteiger partial charge on any atom is 0.319 e. The summed E-state index contributed by atoms with van der Waals surface area (Å²) >= 11 is 0. The molecule has 0 aliphatic heterocycles. The Bertz CT molecular complexity index is 520. The Labute approximate surface area is 112 Å². The highest BCUT2D eigenvalue weighted by molar-refractivity contribution is 5.90. The van der Waals surface area contributed by atoms with Gasteiger partial charge < -0.3 is 15.7 Å². The minimum atomic E-state index is -0.572. The molecule has 0 spiro atoms. The highest BCUT2D eigenvalue weighted by Gasteiger charge is 2.42. The van der Waals surface area contributed by atoms with Crippen LogP contribution < -0.4 is 10.6 Å². The van der Waals surface area contributed by atoms with Crippen molar-refractivity contribution in [3.63, 3.8) is 0 Å². The maximum absolute atomic E-state index is 11.9. The minimum Gasteiger partial charge on any atom is -0.394 e. The number of carbonyl (C=O) groups is 1. The Morgan fingerprint density at radius 1 is 1.58 bits per heavy atom. The molecule has 0 aromatic heterocycles. The first-order valence-electron chi connectivity index (χ1n) is 6.27. The van der Waals surface area contributed by atoms with Crippen molar-refractivity contribution < 1.29 is 9.90 Å². The number of carbonyl (C=O) groups excluding carboxylic acids is 1. The van der Waals surface area contributed by atoms with Crippen molar-refractivity contribution >= 4 is 11.7 Å². The lowest BCUT2D eigenvalue weighted by molar-refractivity contribution is 0.159. The van der Waals surface area contributed by atoms with Crippen LogP contribution in [0.3, 0.4) is 0 Å². The summed E-state index contributed by atoms with van der Waals surface area (Å²) in [5.41, 5.74) is 0.481. The van der Waals surface area contributed by atoms with Gasteiger partial charge in [0.15, 0.2) is 0 Å². The number of aliphatic hydroxyl groups excluding tert-OH is 1. The second kappa shape index (κ2) is 5.29. The molecule has 5 heteroatoms. The summed E-state index contributed by atoms with van der Waals surface area (Å²) in [6.07, 6.45) is 2.06. The third-order valence-electron chi connectivity index (χ3n) is 3.46. The van der Waals surface area contributed by atoms with E-state index < -0.39 is 5.54 Å². The van der Waals surface area contributed by atoms with E-state index in [9.17, 15) is 9.90 Å². The van der Waals surface area contributed by atoms with Gasteiger partial charge in [-0.1, -0.05) is 6.07 Å². The Morgan fingerprint density at radius 3 is 2.89 bits per heavy atom. The first-order chi connectivity index (χ1) is 9.07. The number of urea groups is 1. The molecule has 2 rings (SSSR count). The summed E-state index contributed by atoms with van der Waals surface area (Å²) in [6.45, 7) is 1.76. The van der Waals surface area contributed by atoms with Crippen LogP contribution in [0.25, 0.3) is 0 Å². The normalized spacial score (nSPS) is 17.1. The molecule has 1 saturated carbocycles. The number of nitriles is 1. The fourth-order valence-electron chi connectivity index (χ4n) is 2.08. The summed E-state index contributed by atoms with van der Waals surface area (Å²) in [7, 11) is 0. The molecule has 0 radical (unpaired) electrons. The van der Waals surface area contributed by atoms with Gasteiger partial charge in [-0.2, -0.15) is 5.26 Å². The summed E-state index contributed by atoms with van der Waals surface area (Å²) in [4.78, 5) is 11.9. The van der Waals surface area contributed by atoms with Crippen LogP contribution in [0.2, 0.25) is 0 Å². The van der Waals surface area contributed by atoms with Gasteiger partial charge in [-0.3, -0.25) is 0 Å². The number of aliphatic hydroxyl groups is 1. The van der Waals surface area contributed by atoms with Crippen molar-refractivity contribution in [1.82, 2.24) is 5.32 Å². The highest BCUT2D eigenvalue weighted by atomic mass is 16.3. The smallest absolute Gasteiger partial charge is 0.319 e. The molecule has 3 N–H and O–H groups in total. The van der Waals surface area contributed by atoms with Gasteiger partial charge in [0.1, 0.15) is 0 Å². The molecule has 1 aromatic rings. The zero-order valence-corrected chi connectivity index (χ0v) is 10.8. The van der Waals surface area contributed by atoms with Gasteiger partial charge in [0.05, 0.1) is 23.8 Å². The SMILES string of the molecule is CC(CO)(NC(=O)Nc1cccc(C#N)c1)C1CC1. The van der Waals surface area contributed by atoms with E-state index in [1.807, 2.05) is 13.0 Å². The van der Waals surface area contributed by atoms with Crippen LogP contribution in [0.1, 0.15) is 25.3 Å². The molecule has 19 heavy (non-hydrogen) atoms. The van der Waals surface area contributed by atoms with Crippen molar-refractivity contribution in [3.8, 4) is 6.07 Å². The molecular weight excluding hydrogens is 242 g/mol. The second-order valence-corrected chi connectivity index (χ2v) is 5.12. The molecule has 100 valence electrons. The van der Waals surface area contributed by atoms with E-state index in [1.54, 1.807) is 24.3 Å². The molecule has 5 nitrogen and oxygen atoms in total. The molecule has 1 aromatic carbocycles. The Kier molecular flexibility index (Phi) is 3.72. The molecule has 1 aliphatic carbocycles. The fraction of sp³-hybridized carbons (Fsp3) is 0.429. The number of benzene rings is 1. The van der Waals surface area contributed by atoms with Crippen LogP contribution in [0, 0.1) is 17.2 Å². The molecule has 1 unspecified atom stereocenters. The first kappa shape index (κ1) is 13.4. The number of hydrogen-bond acceptors (Lipinski definition) is 3. The van der Waals surface area contributed by atoms with E-state index in [0.29, 0.717) is 17.2 Å². The van der Waals surface area contributed by atoms with Crippen LogP contribution in [0.4, 0.5) is 10.5 Å².